The van der Waals surface area contributed by atoms with E-state index >= 15 is 0 Å². The van der Waals surface area contributed by atoms with E-state index in [1.54, 1.807) is 19.2 Å². The molecule has 1 aliphatic heterocycles. The number of methoxy groups -OCH3 is 1. The Kier molecular flexibility index (Phi) is 5.52. The topological polar surface area (TPSA) is 31.4 Å². The van der Waals surface area contributed by atoms with Crippen molar-refractivity contribution in [1.82, 2.24) is 4.98 Å². The van der Waals surface area contributed by atoms with Gasteiger partial charge in [0, 0.05) is 40.3 Å². The fourth-order valence-electron chi connectivity index (χ4n) is 3.63. The van der Waals surface area contributed by atoms with E-state index in [0.717, 1.165) is 34.4 Å². The van der Waals surface area contributed by atoms with Crippen LogP contribution in [-0.2, 0) is 4.74 Å². The van der Waals surface area contributed by atoms with Crippen molar-refractivity contribution in [2.45, 2.75) is 32.0 Å². The summed E-state index contributed by atoms with van der Waals surface area (Å²) in [6.07, 6.45) is 0.626. The van der Waals surface area contributed by atoms with E-state index in [4.69, 9.17) is 49.3 Å². The Morgan fingerprint density at radius 3 is 2.31 bits per heavy atom. The zero-order valence-corrected chi connectivity index (χ0v) is 18.6. The number of hydrogen-bond donors (Lipinski definition) is 0. The molecule has 6 heteroatoms. The van der Waals surface area contributed by atoms with Crippen LogP contribution in [0.1, 0.15) is 31.9 Å². The summed E-state index contributed by atoms with van der Waals surface area (Å²) in [6, 6.07) is 15.1. The SMILES string of the molecule is COC1CC(C)(C)Oc2nc(-c3ccc(Cl)cc3Cl)c(-c3ccc(Cl)cc3)cc21. The summed E-state index contributed by atoms with van der Waals surface area (Å²) >= 11 is 18.7. The maximum atomic E-state index is 6.53. The summed E-state index contributed by atoms with van der Waals surface area (Å²) in [5, 5.41) is 1.77. The molecular weight excluding hydrogens is 429 g/mol. The maximum absolute atomic E-state index is 6.53. The highest BCUT2D eigenvalue weighted by molar-refractivity contribution is 6.36. The molecule has 0 fully saturated rings. The first-order valence-electron chi connectivity index (χ1n) is 9.25. The van der Waals surface area contributed by atoms with Crippen molar-refractivity contribution >= 4 is 34.8 Å². The zero-order valence-electron chi connectivity index (χ0n) is 16.3. The van der Waals surface area contributed by atoms with Crippen LogP contribution in [0.4, 0.5) is 0 Å². The second kappa shape index (κ2) is 7.81. The lowest BCUT2D eigenvalue weighted by molar-refractivity contribution is -0.0141. The Hall–Kier alpha value is -1.78. The molecule has 0 saturated heterocycles. The van der Waals surface area contributed by atoms with Crippen molar-refractivity contribution in [3.8, 4) is 28.3 Å². The van der Waals surface area contributed by atoms with Gasteiger partial charge < -0.3 is 9.47 Å². The number of nitrogens with zero attached hydrogens (tertiary/aromatic N) is 1. The Labute approximate surface area is 185 Å². The minimum Gasteiger partial charge on any atom is -0.471 e. The van der Waals surface area contributed by atoms with Gasteiger partial charge in [-0.2, -0.15) is 0 Å². The number of pyridine rings is 1. The molecule has 4 rings (SSSR count). The van der Waals surface area contributed by atoms with E-state index < -0.39 is 0 Å². The number of aromatic nitrogens is 1. The third-order valence-electron chi connectivity index (χ3n) is 5.04. The molecule has 29 heavy (non-hydrogen) atoms. The molecule has 0 saturated carbocycles. The number of benzene rings is 2. The molecule has 1 atom stereocenters. The fraction of sp³-hybridized carbons (Fsp3) is 0.261. The second-order valence-electron chi connectivity index (χ2n) is 7.70. The van der Waals surface area contributed by atoms with Crippen LogP contribution in [0.2, 0.25) is 15.1 Å². The van der Waals surface area contributed by atoms with E-state index in [1.165, 1.54) is 0 Å². The van der Waals surface area contributed by atoms with Crippen LogP contribution in [0.25, 0.3) is 22.4 Å². The molecule has 0 N–H and O–H groups in total. The van der Waals surface area contributed by atoms with Gasteiger partial charge in [0.15, 0.2) is 0 Å². The summed E-state index contributed by atoms with van der Waals surface area (Å²) in [7, 11) is 1.71. The fourth-order valence-corrected chi connectivity index (χ4v) is 4.25. The average molecular weight is 449 g/mol. The molecule has 3 nitrogen and oxygen atoms in total. The molecule has 2 aromatic carbocycles. The van der Waals surface area contributed by atoms with Gasteiger partial charge in [-0.25, -0.2) is 4.98 Å². The lowest BCUT2D eigenvalue weighted by Crippen LogP contribution is -2.36. The van der Waals surface area contributed by atoms with Crippen molar-refractivity contribution in [2.24, 2.45) is 0 Å². The maximum Gasteiger partial charge on any atom is 0.220 e. The molecule has 1 unspecified atom stereocenters. The predicted octanol–water partition coefficient (Wildman–Crippen LogP) is 7.62. The largest absolute Gasteiger partial charge is 0.471 e. The van der Waals surface area contributed by atoms with Crippen LogP contribution in [0.5, 0.6) is 5.88 Å². The monoisotopic (exact) mass is 447 g/mol. The van der Waals surface area contributed by atoms with E-state index in [-0.39, 0.29) is 11.7 Å². The number of ether oxygens (including phenoxy) is 2. The minimum atomic E-state index is -0.385. The summed E-state index contributed by atoms with van der Waals surface area (Å²) in [5.41, 5.74) is 3.94. The van der Waals surface area contributed by atoms with E-state index in [2.05, 4.69) is 6.07 Å². The van der Waals surface area contributed by atoms with Gasteiger partial charge in [0.25, 0.3) is 0 Å². The first kappa shape index (κ1) is 20.5. The Balaban J connectivity index is 1.98. The van der Waals surface area contributed by atoms with Crippen LogP contribution < -0.4 is 4.74 Å². The lowest BCUT2D eigenvalue weighted by atomic mass is 9.90. The molecule has 3 aromatic rings. The minimum absolute atomic E-state index is 0.109. The van der Waals surface area contributed by atoms with Crippen LogP contribution in [0.3, 0.4) is 0 Å². The number of rotatable bonds is 3. The molecule has 0 amide bonds. The molecule has 0 aliphatic carbocycles. The third kappa shape index (κ3) is 4.10. The quantitative estimate of drug-likeness (QED) is 0.413. The summed E-state index contributed by atoms with van der Waals surface area (Å²) in [4.78, 5) is 4.90. The van der Waals surface area contributed by atoms with Gasteiger partial charge >= 0.3 is 0 Å². The lowest BCUT2D eigenvalue weighted by Gasteiger charge is -2.36. The standard InChI is InChI=1S/C23H20Cl3NO2/c1-23(2)12-20(28-3)18-11-17(13-4-6-14(24)7-5-13)21(27-22(18)29-23)16-9-8-15(25)10-19(16)26/h4-11,20H,12H2,1-3H3. The summed E-state index contributed by atoms with van der Waals surface area (Å²) in [6.45, 7) is 4.07. The van der Waals surface area contributed by atoms with Crippen molar-refractivity contribution in [1.29, 1.82) is 0 Å². The van der Waals surface area contributed by atoms with Crippen molar-refractivity contribution in [3.05, 3.63) is 69.2 Å². The normalized spacial score (nSPS) is 17.5. The summed E-state index contributed by atoms with van der Waals surface area (Å²) < 4.78 is 12.0. The van der Waals surface area contributed by atoms with Gasteiger partial charge in [-0.1, -0.05) is 46.9 Å². The number of fused-ring (bicyclic) bond motifs is 1. The van der Waals surface area contributed by atoms with E-state index in [9.17, 15) is 0 Å². The zero-order chi connectivity index (χ0) is 20.8. The molecular formula is C23H20Cl3NO2. The van der Waals surface area contributed by atoms with Crippen molar-refractivity contribution < 1.29 is 9.47 Å². The number of hydrogen-bond acceptors (Lipinski definition) is 3. The highest BCUT2D eigenvalue weighted by Gasteiger charge is 2.36. The van der Waals surface area contributed by atoms with Crippen molar-refractivity contribution in [3.63, 3.8) is 0 Å². The predicted molar refractivity (Wildman–Crippen MR) is 119 cm³/mol. The Bertz CT molecular complexity index is 1060. The molecule has 0 bridgehead atoms. The van der Waals surface area contributed by atoms with Crippen LogP contribution >= 0.6 is 34.8 Å². The second-order valence-corrected chi connectivity index (χ2v) is 8.98. The number of halogens is 3. The van der Waals surface area contributed by atoms with Gasteiger partial charge in [0.2, 0.25) is 5.88 Å². The Morgan fingerprint density at radius 2 is 1.66 bits per heavy atom. The van der Waals surface area contributed by atoms with Crippen LogP contribution in [0.15, 0.2) is 48.5 Å². The van der Waals surface area contributed by atoms with Crippen LogP contribution in [-0.4, -0.2) is 17.7 Å². The first-order valence-corrected chi connectivity index (χ1v) is 10.4. The van der Waals surface area contributed by atoms with Gasteiger partial charge in [0.1, 0.15) is 5.60 Å². The smallest absolute Gasteiger partial charge is 0.220 e. The molecule has 1 aliphatic rings. The molecule has 0 radical (unpaired) electrons. The van der Waals surface area contributed by atoms with Gasteiger partial charge in [-0.15, -0.1) is 0 Å². The average Bonchev–Trinajstić information content (AvgIpc) is 2.66. The molecule has 2 heterocycles. The van der Waals surface area contributed by atoms with Gasteiger partial charge in [0.05, 0.1) is 16.8 Å². The Morgan fingerprint density at radius 1 is 0.966 bits per heavy atom. The highest BCUT2D eigenvalue weighted by Crippen LogP contribution is 2.45. The third-order valence-corrected chi connectivity index (χ3v) is 5.84. The van der Waals surface area contributed by atoms with Crippen molar-refractivity contribution in [2.75, 3.05) is 7.11 Å². The van der Waals surface area contributed by atoms with E-state index in [1.807, 2.05) is 44.2 Å². The molecule has 0 spiro atoms. The van der Waals surface area contributed by atoms with Crippen LogP contribution in [0, 0.1) is 0 Å². The highest BCUT2D eigenvalue weighted by atomic mass is 35.5. The molecule has 1 aromatic heterocycles. The van der Waals surface area contributed by atoms with Gasteiger partial charge in [-0.05, 0) is 55.8 Å². The molecule has 150 valence electrons. The summed E-state index contributed by atoms with van der Waals surface area (Å²) in [5.74, 6) is 0.562. The van der Waals surface area contributed by atoms with Gasteiger partial charge in [-0.3, -0.25) is 0 Å². The first-order chi connectivity index (χ1) is 13.8. The van der Waals surface area contributed by atoms with E-state index in [0.29, 0.717) is 20.9 Å².